The fourth-order valence-electron chi connectivity index (χ4n) is 6.26. The zero-order chi connectivity index (χ0) is 23.3. The summed E-state index contributed by atoms with van der Waals surface area (Å²) in [6.45, 7) is 6.36. The molecule has 3 N–H and O–H groups in total. The van der Waals surface area contributed by atoms with Crippen molar-refractivity contribution in [1.82, 2.24) is 31.1 Å². The Morgan fingerprint density at radius 2 is 1.85 bits per heavy atom. The maximum Gasteiger partial charge on any atom is 0.225 e. The summed E-state index contributed by atoms with van der Waals surface area (Å²) in [7, 11) is 0. The summed E-state index contributed by atoms with van der Waals surface area (Å²) in [5.74, 6) is 1.24. The zero-order valence-corrected chi connectivity index (χ0v) is 20.8. The van der Waals surface area contributed by atoms with E-state index in [1.165, 1.54) is 6.42 Å². The van der Waals surface area contributed by atoms with Gasteiger partial charge in [0.2, 0.25) is 5.95 Å². The Balaban J connectivity index is 1.10. The average Bonchev–Trinajstić information content (AvgIpc) is 3.46. The number of hydrazine groups is 1. The molecule has 4 unspecified atom stereocenters. The van der Waals surface area contributed by atoms with Crippen LogP contribution >= 0.6 is 23.2 Å². The van der Waals surface area contributed by atoms with Crippen molar-refractivity contribution in [2.45, 2.75) is 56.9 Å². The van der Waals surface area contributed by atoms with Crippen molar-refractivity contribution in [2.24, 2.45) is 11.3 Å². The first kappa shape index (κ1) is 22.9. The van der Waals surface area contributed by atoms with Crippen LogP contribution in [0.5, 0.6) is 0 Å². The van der Waals surface area contributed by atoms with Crippen LogP contribution in [-0.2, 0) is 4.74 Å². The molecule has 0 radical (unpaired) electrons. The molecule has 5 atom stereocenters. The van der Waals surface area contributed by atoms with Gasteiger partial charge in [0.1, 0.15) is 0 Å². The normalized spacial score (nSPS) is 30.9. The summed E-state index contributed by atoms with van der Waals surface area (Å²) in [5.41, 5.74) is 9.36. The highest BCUT2D eigenvalue weighted by Crippen LogP contribution is 2.42. The third-order valence-corrected chi connectivity index (χ3v) is 8.68. The Morgan fingerprint density at radius 1 is 1.09 bits per heavy atom. The molecule has 2 aromatic rings. The van der Waals surface area contributed by atoms with Gasteiger partial charge in [-0.25, -0.2) is 15.4 Å². The Labute approximate surface area is 210 Å². The smallest absolute Gasteiger partial charge is 0.225 e. The Kier molecular flexibility index (Phi) is 6.16. The number of pyridine rings is 1. The van der Waals surface area contributed by atoms with Crippen LogP contribution in [-0.4, -0.2) is 53.3 Å². The molecule has 1 spiro atoms. The minimum atomic E-state index is -0.192. The molecule has 3 aliphatic heterocycles. The van der Waals surface area contributed by atoms with Crippen molar-refractivity contribution in [3.63, 3.8) is 0 Å². The average molecular weight is 504 g/mol. The lowest BCUT2D eigenvalue weighted by Gasteiger charge is -2.47. The number of ether oxygens (including phenoxy) is 1. The van der Waals surface area contributed by atoms with E-state index in [4.69, 9.17) is 37.9 Å². The summed E-state index contributed by atoms with van der Waals surface area (Å²) < 4.78 is 6.45. The van der Waals surface area contributed by atoms with Crippen molar-refractivity contribution < 1.29 is 4.74 Å². The second kappa shape index (κ2) is 9.15. The van der Waals surface area contributed by atoms with E-state index in [2.05, 4.69) is 26.1 Å². The van der Waals surface area contributed by atoms with E-state index in [9.17, 15) is 0 Å². The summed E-state index contributed by atoms with van der Waals surface area (Å²) in [6.07, 6.45) is 11.4. The second-order valence-corrected chi connectivity index (χ2v) is 11.2. The van der Waals surface area contributed by atoms with Crippen molar-refractivity contribution in [1.29, 1.82) is 0 Å². The predicted octanol–water partition coefficient (Wildman–Crippen LogP) is 3.44. The van der Waals surface area contributed by atoms with Crippen molar-refractivity contribution in [2.75, 3.05) is 31.1 Å². The molecule has 182 valence electrons. The van der Waals surface area contributed by atoms with Gasteiger partial charge in [0.15, 0.2) is 0 Å². The summed E-state index contributed by atoms with van der Waals surface area (Å²) in [5, 5.41) is 4.57. The van der Waals surface area contributed by atoms with Crippen LogP contribution in [0.4, 0.5) is 5.95 Å². The van der Waals surface area contributed by atoms with Gasteiger partial charge in [0, 0.05) is 67.0 Å². The monoisotopic (exact) mass is 503 g/mol. The molecular formula is C24H31Cl2N7O. The summed E-state index contributed by atoms with van der Waals surface area (Å²) in [4.78, 5) is 15.8. The highest BCUT2D eigenvalue weighted by Gasteiger charge is 2.46. The standard InChI is InChI=1S/C24H31Cl2N7O/c1-14(21-18(25)9-28-10-19(21)26)34-16-2-3-20-17(6-16)22(32-31-20)15-7-29-23(30-8-15)33-12-24(13-33)4-5-27-11-24/h7-10,14,16-17,20,22,27,31-32H,2-6,11-13H2,1H3/t14-,16?,17?,20?,22?/m1/s1. The minimum absolute atomic E-state index is 0.137. The van der Waals surface area contributed by atoms with Gasteiger partial charge in [-0.1, -0.05) is 23.2 Å². The molecule has 4 fully saturated rings. The first-order chi connectivity index (χ1) is 16.5. The largest absolute Gasteiger partial charge is 0.370 e. The van der Waals surface area contributed by atoms with E-state index in [-0.39, 0.29) is 18.2 Å². The predicted molar refractivity (Wildman–Crippen MR) is 132 cm³/mol. The van der Waals surface area contributed by atoms with Crippen LogP contribution in [0.25, 0.3) is 0 Å². The quantitative estimate of drug-likeness (QED) is 0.571. The SMILES string of the molecule is C[C@@H](OC1CCC2NNC(c3cnc(N4CC5(CCNC5)C4)nc3)C2C1)c1c(Cl)cncc1Cl. The number of nitrogens with zero attached hydrogens (tertiary/aromatic N) is 4. The topological polar surface area (TPSA) is 87.2 Å². The highest BCUT2D eigenvalue weighted by atomic mass is 35.5. The number of nitrogens with one attached hydrogen (secondary N) is 3. The molecule has 5 heterocycles. The lowest BCUT2D eigenvalue weighted by atomic mass is 9.78. The third-order valence-electron chi connectivity index (χ3n) is 8.08. The van der Waals surface area contributed by atoms with Crippen LogP contribution in [0.3, 0.4) is 0 Å². The van der Waals surface area contributed by atoms with Gasteiger partial charge < -0.3 is 15.0 Å². The number of fused-ring (bicyclic) bond motifs is 1. The zero-order valence-electron chi connectivity index (χ0n) is 19.3. The van der Waals surface area contributed by atoms with Crippen molar-refractivity contribution in [3.05, 3.63) is 46.0 Å². The van der Waals surface area contributed by atoms with Gasteiger partial charge in [0.05, 0.1) is 28.3 Å². The van der Waals surface area contributed by atoms with Crippen LogP contribution in [0.1, 0.15) is 55.9 Å². The first-order valence-corrected chi connectivity index (χ1v) is 13.0. The molecule has 1 saturated carbocycles. The first-order valence-electron chi connectivity index (χ1n) is 12.2. The molecule has 1 aliphatic carbocycles. The van der Waals surface area contributed by atoms with Gasteiger partial charge in [-0.2, -0.15) is 0 Å². The molecule has 0 bridgehead atoms. The van der Waals surface area contributed by atoms with Crippen LogP contribution in [0.2, 0.25) is 10.0 Å². The van der Waals surface area contributed by atoms with Gasteiger partial charge in [-0.15, -0.1) is 0 Å². The van der Waals surface area contributed by atoms with Crippen molar-refractivity contribution in [3.8, 4) is 0 Å². The third kappa shape index (κ3) is 4.18. The molecular weight excluding hydrogens is 473 g/mol. The van der Waals surface area contributed by atoms with Gasteiger partial charge in [-0.3, -0.25) is 10.4 Å². The minimum Gasteiger partial charge on any atom is -0.370 e. The maximum atomic E-state index is 6.45. The number of anilines is 1. The molecule has 8 nitrogen and oxygen atoms in total. The molecule has 34 heavy (non-hydrogen) atoms. The van der Waals surface area contributed by atoms with E-state index in [0.29, 0.717) is 27.4 Å². The van der Waals surface area contributed by atoms with E-state index < -0.39 is 0 Å². The van der Waals surface area contributed by atoms with Crippen LogP contribution in [0, 0.1) is 11.3 Å². The van der Waals surface area contributed by atoms with E-state index in [1.807, 2.05) is 19.3 Å². The molecule has 2 aromatic heterocycles. The second-order valence-electron chi connectivity index (χ2n) is 10.4. The lowest BCUT2D eigenvalue weighted by Crippen LogP contribution is -2.58. The van der Waals surface area contributed by atoms with E-state index in [0.717, 1.165) is 62.5 Å². The van der Waals surface area contributed by atoms with Gasteiger partial charge in [-0.05, 0) is 45.1 Å². The number of aromatic nitrogens is 3. The Hall–Kier alpha value is -1.55. The van der Waals surface area contributed by atoms with E-state index in [1.54, 1.807) is 12.4 Å². The van der Waals surface area contributed by atoms with Gasteiger partial charge in [0.25, 0.3) is 0 Å². The highest BCUT2D eigenvalue weighted by molar-refractivity contribution is 6.35. The Bertz CT molecular complexity index is 1000. The van der Waals surface area contributed by atoms with E-state index >= 15 is 0 Å². The summed E-state index contributed by atoms with van der Waals surface area (Å²) >= 11 is 12.7. The fourth-order valence-corrected chi connectivity index (χ4v) is 6.93. The molecule has 10 heteroatoms. The molecule has 3 saturated heterocycles. The Morgan fingerprint density at radius 3 is 2.56 bits per heavy atom. The maximum absolute atomic E-state index is 6.45. The number of hydrogen-bond donors (Lipinski definition) is 3. The lowest BCUT2D eigenvalue weighted by molar-refractivity contribution is -0.0370. The molecule has 4 aliphatic rings. The van der Waals surface area contributed by atoms with Crippen LogP contribution < -0.4 is 21.1 Å². The number of halogens is 2. The number of rotatable bonds is 5. The van der Waals surface area contributed by atoms with Crippen molar-refractivity contribution >= 4 is 29.2 Å². The fraction of sp³-hybridized carbons (Fsp3) is 0.625. The molecule has 6 rings (SSSR count). The molecule has 0 aromatic carbocycles. The summed E-state index contributed by atoms with van der Waals surface area (Å²) in [6, 6.07) is 0.577. The van der Waals surface area contributed by atoms with Gasteiger partial charge >= 0.3 is 0 Å². The molecule has 0 amide bonds. The number of hydrogen-bond acceptors (Lipinski definition) is 8. The van der Waals surface area contributed by atoms with Crippen LogP contribution in [0.15, 0.2) is 24.8 Å².